The largest absolute Gasteiger partial charge is 0.481 e. The highest BCUT2D eigenvalue weighted by atomic mass is 16.5. The molecule has 0 amide bonds. The molecule has 0 atom stereocenters. The zero-order valence-corrected chi connectivity index (χ0v) is 11.5. The van der Waals surface area contributed by atoms with Gasteiger partial charge in [-0.25, -0.2) is 0 Å². The van der Waals surface area contributed by atoms with E-state index in [0.717, 1.165) is 12.1 Å². The lowest BCUT2D eigenvalue weighted by Gasteiger charge is -2.37. The third kappa shape index (κ3) is 3.26. The molecular weight excluding hydrogens is 242 g/mol. The van der Waals surface area contributed by atoms with Gasteiger partial charge in [-0.2, -0.15) is 0 Å². The van der Waals surface area contributed by atoms with Crippen molar-refractivity contribution in [2.45, 2.75) is 20.3 Å². The monoisotopic (exact) mass is 263 g/mol. The minimum atomic E-state index is -0.789. The van der Waals surface area contributed by atoms with E-state index in [4.69, 9.17) is 4.74 Å². The molecule has 1 aromatic rings. The van der Waals surface area contributed by atoms with Crippen molar-refractivity contribution in [1.29, 1.82) is 0 Å². The van der Waals surface area contributed by atoms with E-state index < -0.39 is 11.4 Å². The summed E-state index contributed by atoms with van der Waals surface area (Å²) in [5.41, 5.74) is 1.51. The molecule has 0 saturated carbocycles. The Morgan fingerprint density at radius 1 is 1.37 bits per heavy atom. The average Bonchev–Trinajstić information content (AvgIpc) is 2.28. The van der Waals surface area contributed by atoms with Crippen LogP contribution in [0.25, 0.3) is 0 Å². The molecule has 2 N–H and O–H groups in total. The van der Waals surface area contributed by atoms with Crippen LogP contribution in [-0.2, 0) is 16.0 Å². The normalized spacial score (nSPS) is 17.0. The SMILES string of the molecule is CC(C)Cc1ccc(NCC2(C(=O)O)COC2)cc1. The van der Waals surface area contributed by atoms with E-state index in [1.165, 1.54) is 5.56 Å². The predicted molar refractivity (Wildman–Crippen MR) is 74.4 cm³/mol. The fourth-order valence-electron chi connectivity index (χ4n) is 2.15. The van der Waals surface area contributed by atoms with Crippen molar-refractivity contribution in [2.24, 2.45) is 11.3 Å². The van der Waals surface area contributed by atoms with Crippen LogP contribution in [0, 0.1) is 11.3 Å². The van der Waals surface area contributed by atoms with Crippen LogP contribution < -0.4 is 5.32 Å². The molecule has 0 spiro atoms. The van der Waals surface area contributed by atoms with Gasteiger partial charge in [0.1, 0.15) is 5.41 Å². The first-order valence-corrected chi connectivity index (χ1v) is 6.66. The number of benzene rings is 1. The Labute approximate surface area is 113 Å². The highest BCUT2D eigenvalue weighted by molar-refractivity contribution is 5.77. The summed E-state index contributed by atoms with van der Waals surface area (Å²) in [6.45, 7) is 5.38. The zero-order chi connectivity index (χ0) is 13.9. The van der Waals surface area contributed by atoms with E-state index in [1.54, 1.807) is 0 Å². The van der Waals surface area contributed by atoms with Gasteiger partial charge in [-0.05, 0) is 30.0 Å². The van der Waals surface area contributed by atoms with Gasteiger partial charge in [0.15, 0.2) is 0 Å². The molecule has 1 saturated heterocycles. The molecular formula is C15H21NO3. The van der Waals surface area contributed by atoms with Gasteiger partial charge in [-0.1, -0.05) is 26.0 Å². The maximum absolute atomic E-state index is 11.2. The molecule has 0 radical (unpaired) electrons. The molecule has 0 bridgehead atoms. The summed E-state index contributed by atoms with van der Waals surface area (Å²) in [4.78, 5) is 11.2. The van der Waals surface area contributed by atoms with E-state index in [9.17, 15) is 9.90 Å². The van der Waals surface area contributed by atoms with Gasteiger partial charge >= 0.3 is 5.97 Å². The molecule has 1 aliphatic rings. The van der Waals surface area contributed by atoms with E-state index in [1.807, 2.05) is 12.1 Å². The van der Waals surface area contributed by atoms with Crippen LogP contribution in [0.3, 0.4) is 0 Å². The van der Waals surface area contributed by atoms with Crippen LogP contribution in [-0.4, -0.2) is 30.8 Å². The molecule has 1 fully saturated rings. The molecule has 0 aliphatic carbocycles. The summed E-state index contributed by atoms with van der Waals surface area (Å²) in [5.74, 6) is -0.149. The Hall–Kier alpha value is -1.55. The Balaban J connectivity index is 1.91. The fraction of sp³-hybridized carbons (Fsp3) is 0.533. The second-order valence-electron chi connectivity index (χ2n) is 5.73. The standard InChI is InChI=1S/C15H21NO3/c1-11(2)7-12-3-5-13(6-4-12)16-8-15(14(17)18)9-19-10-15/h3-6,11,16H,7-10H2,1-2H3,(H,17,18). The minimum Gasteiger partial charge on any atom is -0.481 e. The Morgan fingerprint density at radius 3 is 2.42 bits per heavy atom. The maximum atomic E-state index is 11.2. The maximum Gasteiger partial charge on any atom is 0.316 e. The molecule has 0 unspecified atom stereocenters. The van der Waals surface area contributed by atoms with Crippen molar-refractivity contribution in [3.8, 4) is 0 Å². The van der Waals surface area contributed by atoms with Crippen LogP contribution in [0.1, 0.15) is 19.4 Å². The first-order chi connectivity index (χ1) is 9.02. The number of carboxylic acids is 1. The van der Waals surface area contributed by atoms with E-state index in [2.05, 4.69) is 31.3 Å². The van der Waals surface area contributed by atoms with Crippen LogP contribution in [0.5, 0.6) is 0 Å². The van der Waals surface area contributed by atoms with Crippen molar-refractivity contribution in [2.75, 3.05) is 25.1 Å². The summed E-state index contributed by atoms with van der Waals surface area (Å²) in [5, 5.41) is 12.4. The minimum absolute atomic E-state index is 0.292. The topological polar surface area (TPSA) is 58.6 Å². The number of rotatable bonds is 6. The third-order valence-electron chi connectivity index (χ3n) is 3.44. The van der Waals surface area contributed by atoms with Crippen molar-refractivity contribution in [3.63, 3.8) is 0 Å². The predicted octanol–water partition coefficient (Wildman–Crippen LogP) is 2.40. The van der Waals surface area contributed by atoms with Gasteiger partial charge in [-0.15, -0.1) is 0 Å². The number of ether oxygens (including phenoxy) is 1. The van der Waals surface area contributed by atoms with Gasteiger partial charge < -0.3 is 15.2 Å². The lowest BCUT2D eigenvalue weighted by atomic mass is 9.86. The van der Waals surface area contributed by atoms with Crippen LogP contribution >= 0.6 is 0 Å². The second-order valence-corrected chi connectivity index (χ2v) is 5.73. The van der Waals surface area contributed by atoms with Gasteiger partial charge in [0.05, 0.1) is 13.2 Å². The first-order valence-electron chi connectivity index (χ1n) is 6.66. The average molecular weight is 263 g/mol. The molecule has 1 aliphatic heterocycles. The van der Waals surface area contributed by atoms with E-state index in [-0.39, 0.29) is 0 Å². The summed E-state index contributed by atoms with van der Waals surface area (Å²) >= 11 is 0. The van der Waals surface area contributed by atoms with Crippen molar-refractivity contribution < 1.29 is 14.6 Å². The van der Waals surface area contributed by atoms with Gasteiger partial charge in [0, 0.05) is 12.2 Å². The molecule has 4 nitrogen and oxygen atoms in total. The Kier molecular flexibility index (Phi) is 4.10. The Morgan fingerprint density at radius 2 is 2.00 bits per heavy atom. The highest BCUT2D eigenvalue weighted by Gasteiger charge is 2.46. The number of hydrogen-bond donors (Lipinski definition) is 2. The van der Waals surface area contributed by atoms with Gasteiger partial charge in [-0.3, -0.25) is 4.79 Å². The Bertz CT molecular complexity index is 435. The molecule has 104 valence electrons. The number of nitrogens with one attached hydrogen (secondary N) is 1. The zero-order valence-electron chi connectivity index (χ0n) is 11.5. The number of hydrogen-bond acceptors (Lipinski definition) is 3. The van der Waals surface area contributed by atoms with Gasteiger partial charge in [0.25, 0.3) is 0 Å². The first kappa shape index (κ1) is 13.9. The van der Waals surface area contributed by atoms with Crippen molar-refractivity contribution >= 4 is 11.7 Å². The molecule has 1 aromatic carbocycles. The van der Waals surface area contributed by atoms with E-state index >= 15 is 0 Å². The second kappa shape index (κ2) is 5.61. The number of anilines is 1. The molecule has 4 heteroatoms. The fourth-order valence-corrected chi connectivity index (χ4v) is 2.15. The summed E-state index contributed by atoms with van der Waals surface area (Å²) < 4.78 is 5.03. The van der Waals surface area contributed by atoms with Crippen LogP contribution in [0.2, 0.25) is 0 Å². The lowest BCUT2D eigenvalue weighted by molar-refractivity contribution is -0.176. The number of carboxylic acid groups (broad SMARTS) is 1. The quantitative estimate of drug-likeness (QED) is 0.827. The van der Waals surface area contributed by atoms with Crippen LogP contribution in [0.4, 0.5) is 5.69 Å². The summed E-state index contributed by atoms with van der Waals surface area (Å²) in [7, 11) is 0. The molecule has 0 aromatic heterocycles. The summed E-state index contributed by atoms with van der Waals surface area (Å²) in [6.07, 6.45) is 1.06. The van der Waals surface area contributed by atoms with Gasteiger partial charge in [0.2, 0.25) is 0 Å². The number of carbonyl (C=O) groups is 1. The molecule has 1 heterocycles. The smallest absolute Gasteiger partial charge is 0.316 e. The summed E-state index contributed by atoms with van der Waals surface area (Å²) in [6, 6.07) is 8.19. The highest BCUT2D eigenvalue weighted by Crippen LogP contribution is 2.28. The van der Waals surface area contributed by atoms with Crippen LogP contribution in [0.15, 0.2) is 24.3 Å². The molecule has 2 rings (SSSR count). The lowest BCUT2D eigenvalue weighted by Crippen LogP contribution is -2.53. The number of aliphatic carboxylic acids is 1. The molecule has 19 heavy (non-hydrogen) atoms. The van der Waals surface area contributed by atoms with Crippen molar-refractivity contribution in [3.05, 3.63) is 29.8 Å². The third-order valence-corrected chi connectivity index (χ3v) is 3.44. The van der Waals surface area contributed by atoms with Crippen molar-refractivity contribution in [1.82, 2.24) is 0 Å². The van der Waals surface area contributed by atoms with E-state index in [0.29, 0.717) is 25.7 Å².